The zero-order valence-electron chi connectivity index (χ0n) is 16.2. The predicted molar refractivity (Wildman–Crippen MR) is 116 cm³/mol. The largest absolute Gasteiger partial charge is 0.378 e. The first-order valence-corrected chi connectivity index (χ1v) is 8.74. The molecular formula is C20H28Cl2N4O. The summed E-state index contributed by atoms with van der Waals surface area (Å²) in [5.41, 5.74) is 3.82. The number of hydrogen-bond donors (Lipinski definition) is 1. The van der Waals surface area contributed by atoms with E-state index in [1.807, 2.05) is 31.3 Å². The number of nitrogens with zero attached hydrogens (tertiary/aromatic N) is 3. The van der Waals surface area contributed by atoms with E-state index in [1.165, 1.54) is 0 Å². The van der Waals surface area contributed by atoms with E-state index in [4.69, 9.17) is 0 Å². The van der Waals surface area contributed by atoms with Crippen LogP contribution in [0.1, 0.15) is 24.2 Å². The second-order valence-electron chi connectivity index (χ2n) is 6.89. The number of carbonyl (C=O) groups is 1. The van der Waals surface area contributed by atoms with Gasteiger partial charge in [-0.1, -0.05) is 12.1 Å². The van der Waals surface area contributed by atoms with Gasteiger partial charge in [-0.2, -0.15) is 0 Å². The van der Waals surface area contributed by atoms with Gasteiger partial charge in [-0.15, -0.1) is 24.8 Å². The normalized spacial score (nSPS) is 18.9. The van der Waals surface area contributed by atoms with Crippen LogP contribution in [0.4, 0.5) is 5.69 Å². The predicted octanol–water partition coefficient (Wildman–Crippen LogP) is 3.48. The molecule has 0 saturated carbocycles. The van der Waals surface area contributed by atoms with Crippen molar-refractivity contribution >= 4 is 36.4 Å². The molecule has 1 aromatic heterocycles. The second-order valence-corrected chi connectivity index (χ2v) is 6.89. The molecule has 1 saturated heterocycles. The SMILES string of the molecule is CC1NCCN(C(=O)c2cncc(-c3ccc(N(C)C)cc3)c2)C1C.Cl.Cl. The molecule has 0 aliphatic carbocycles. The number of piperazine rings is 1. The van der Waals surface area contributed by atoms with Gasteiger partial charge < -0.3 is 15.1 Å². The highest BCUT2D eigenvalue weighted by atomic mass is 35.5. The monoisotopic (exact) mass is 410 g/mol. The highest BCUT2D eigenvalue weighted by molar-refractivity contribution is 5.95. The van der Waals surface area contributed by atoms with E-state index in [2.05, 4.69) is 53.3 Å². The van der Waals surface area contributed by atoms with Crippen molar-refractivity contribution in [1.29, 1.82) is 0 Å². The molecule has 27 heavy (non-hydrogen) atoms. The molecule has 1 aromatic carbocycles. The lowest BCUT2D eigenvalue weighted by Crippen LogP contribution is -2.57. The fourth-order valence-corrected chi connectivity index (χ4v) is 3.18. The van der Waals surface area contributed by atoms with Crippen LogP contribution in [0.15, 0.2) is 42.7 Å². The highest BCUT2D eigenvalue weighted by Gasteiger charge is 2.28. The molecule has 1 N–H and O–H groups in total. The second kappa shape index (κ2) is 9.93. The van der Waals surface area contributed by atoms with E-state index in [9.17, 15) is 4.79 Å². The number of amides is 1. The van der Waals surface area contributed by atoms with Crippen LogP contribution in [0.3, 0.4) is 0 Å². The lowest BCUT2D eigenvalue weighted by atomic mass is 10.0. The Kier molecular flexibility index (Phi) is 8.54. The average Bonchev–Trinajstić information content (AvgIpc) is 2.63. The quantitative estimate of drug-likeness (QED) is 0.840. The number of rotatable bonds is 3. The van der Waals surface area contributed by atoms with E-state index in [1.54, 1.807) is 6.20 Å². The molecule has 2 aromatic rings. The lowest BCUT2D eigenvalue weighted by Gasteiger charge is -2.38. The van der Waals surface area contributed by atoms with Crippen molar-refractivity contribution in [3.8, 4) is 11.1 Å². The first-order chi connectivity index (χ1) is 12.0. The molecular weight excluding hydrogens is 383 g/mol. The summed E-state index contributed by atoms with van der Waals surface area (Å²) in [6.07, 6.45) is 3.48. The summed E-state index contributed by atoms with van der Waals surface area (Å²) in [5, 5.41) is 3.41. The summed E-state index contributed by atoms with van der Waals surface area (Å²) in [6.45, 7) is 5.76. The number of benzene rings is 1. The van der Waals surface area contributed by atoms with Gasteiger partial charge in [0.15, 0.2) is 0 Å². The maximum absolute atomic E-state index is 12.9. The molecule has 0 radical (unpaired) electrons. The van der Waals surface area contributed by atoms with Crippen LogP contribution >= 0.6 is 24.8 Å². The van der Waals surface area contributed by atoms with Gasteiger partial charge in [-0.25, -0.2) is 0 Å². The first-order valence-electron chi connectivity index (χ1n) is 8.74. The van der Waals surface area contributed by atoms with Crippen molar-refractivity contribution in [3.05, 3.63) is 48.3 Å². The molecule has 1 fully saturated rings. The first kappa shape index (κ1) is 23.2. The Morgan fingerprint density at radius 1 is 1.11 bits per heavy atom. The maximum atomic E-state index is 12.9. The van der Waals surface area contributed by atoms with Crippen molar-refractivity contribution in [1.82, 2.24) is 15.2 Å². The molecule has 1 aliphatic heterocycles. The number of pyridine rings is 1. The third kappa shape index (κ3) is 5.12. The molecule has 148 valence electrons. The Morgan fingerprint density at radius 3 is 2.41 bits per heavy atom. The van der Waals surface area contributed by atoms with E-state index in [0.29, 0.717) is 11.6 Å². The van der Waals surface area contributed by atoms with Crippen LogP contribution in [0.25, 0.3) is 11.1 Å². The standard InChI is InChI=1S/C20H26N4O.2ClH/c1-14-15(2)24(10-9-22-14)20(25)18-11-17(12-21-13-18)16-5-7-19(8-6-16)23(3)4;;/h5-8,11-15,22H,9-10H2,1-4H3;2*1H. The average molecular weight is 411 g/mol. The Bertz CT molecular complexity index is 752. The summed E-state index contributed by atoms with van der Waals surface area (Å²) < 4.78 is 0. The molecule has 0 spiro atoms. The lowest BCUT2D eigenvalue weighted by molar-refractivity contribution is 0.0602. The minimum Gasteiger partial charge on any atom is -0.378 e. The summed E-state index contributed by atoms with van der Waals surface area (Å²) in [7, 11) is 4.04. The van der Waals surface area contributed by atoms with Crippen LogP contribution < -0.4 is 10.2 Å². The Hall–Kier alpha value is -1.82. The number of halogens is 2. The summed E-state index contributed by atoms with van der Waals surface area (Å²) in [5.74, 6) is 0.0557. The van der Waals surface area contributed by atoms with Gasteiger partial charge in [0.05, 0.1) is 5.56 Å². The Morgan fingerprint density at radius 2 is 1.78 bits per heavy atom. The van der Waals surface area contributed by atoms with Gasteiger partial charge in [0.25, 0.3) is 5.91 Å². The Labute approximate surface area is 174 Å². The zero-order valence-corrected chi connectivity index (χ0v) is 17.8. The molecule has 2 unspecified atom stereocenters. The third-order valence-corrected chi connectivity index (χ3v) is 5.00. The fourth-order valence-electron chi connectivity index (χ4n) is 3.18. The number of anilines is 1. The number of nitrogens with one attached hydrogen (secondary N) is 1. The van der Waals surface area contributed by atoms with E-state index in [-0.39, 0.29) is 36.8 Å². The highest BCUT2D eigenvalue weighted by Crippen LogP contribution is 2.23. The fraction of sp³-hybridized carbons (Fsp3) is 0.400. The van der Waals surface area contributed by atoms with Gasteiger partial charge in [-0.3, -0.25) is 9.78 Å². The molecule has 0 bridgehead atoms. The Balaban J connectivity index is 0.00000182. The van der Waals surface area contributed by atoms with Crippen molar-refractivity contribution in [2.75, 3.05) is 32.1 Å². The minimum atomic E-state index is 0. The smallest absolute Gasteiger partial charge is 0.255 e. The van der Waals surface area contributed by atoms with Crippen LogP contribution in [0.2, 0.25) is 0 Å². The molecule has 2 heterocycles. The van der Waals surface area contributed by atoms with Crippen molar-refractivity contribution in [2.45, 2.75) is 25.9 Å². The van der Waals surface area contributed by atoms with Gasteiger partial charge in [-0.05, 0) is 37.6 Å². The third-order valence-electron chi connectivity index (χ3n) is 5.00. The van der Waals surface area contributed by atoms with E-state index >= 15 is 0 Å². The maximum Gasteiger partial charge on any atom is 0.255 e. The van der Waals surface area contributed by atoms with E-state index in [0.717, 1.165) is 29.9 Å². The molecule has 3 rings (SSSR count). The summed E-state index contributed by atoms with van der Waals surface area (Å²) in [6, 6.07) is 10.7. The topological polar surface area (TPSA) is 48.5 Å². The van der Waals surface area contributed by atoms with Crippen molar-refractivity contribution in [3.63, 3.8) is 0 Å². The van der Waals surface area contributed by atoms with Crippen LogP contribution in [-0.2, 0) is 0 Å². The number of hydrogen-bond acceptors (Lipinski definition) is 4. The molecule has 7 heteroatoms. The molecule has 1 aliphatic rings. The van der Waals surface area contributed by atoms with Gasteiger partial charge in [0.1, 0.15) is 0 Å². The van der Waals surface area contributed by atoms with E-state index < -0.39 is 0 Å². The van der Waals surface area contributed by atoms with Gasteiger partial charge in [0, 0.05) is 62.9 Å². The number of carbonyl (C=O) groups excluding carboxylic acids is 1. The summed E-state index contributed by atoms with van der Waals surface area (Å²) in [4.78, 5) is 21.2. The molecule has 5 nitrogen and oxygen atoms in total. The van der Waals surface area contributed by atoms with Crippen LogP contribution in [-0.4, -0.2) is 55.1 Å². The van der Waals surface area contributed by atoms with Gasteiger partial charge in [0.2, 0.25) is 0 Å². The van der Waals surface area contributed by atoms with Crippen molar-refractivity contribution < 1.29 is 4.79 Å². The number of aromatic nitrogens is 1. The van der Waals surface area contributed by atoms with Crippen LogP contribution in [0, 0.1) is 0 Å². The van der Waals surface area contributed by atoms with Gasteiger partial charge >= 0.3 is 0 Å². The molecule has 2 atom stereocenters. The van der Waals surface area contributed by atoms with Crippen LogP contribution in [0.5, 0.6) is 0 Å². The zero-order chi connectivity index (χ0) is 18.0. The minimum absolute atomic E-state index is 0. The molecule has 1 amide bonds. The van der Waals surface area contributed by atoms with Crippen molar-refractivity contribution in [2.24, 2.45) is 0 Å². The summed E-state index contributed by atoms with van der Waals surface area (Å²) >= 11 is 0.